The lowest BCUT2D eigenvalue weighted by Crippen LogP contribution is -2.44. The number of ether oxygens (including phenoxy) is 2. The molecule has 0 atom stereocenters. The number of fused-ring (bicyclic) bond motifs is 1. The first kappa shape index (κ1) is 15.3. The number of nitrogens with zero attached hydrogens (tertiary/aromatic N) is 1. The van der Waals surface area contributed by atoms with Crippen LogP contribution >= 0.6 is 0 Å². The summed E-state index contributed by atoms with van der Waals surface area (Å²) in [5, 5.41) is 6.54. The Kier molecular flexibility index (Phi) is 4.75. The van der Waals surface area contributed by atoms with E-state index in [-0.39, 0.29) is 12.8 Å². The van der Waals surface area contributed by atoms with E-state index in [0.717, 1.165) is 31.2 Å². The fraction of sp³-hybridized carbons (Fsp3) is 0.438. The lowest BCUT2D eigenvalue weighted by Gasteiger charge is -2.22. The molecule has 1 aromatic rings. The minimum Gasteiger partial charge on any atom is -0.454 e. The maximum absolute atomic E-state index is 11.8. The van der Waals surface area contributed by atoms with E-state index in [0.29, 0.717) is 11.5 Å². The van der Waals surface area contributed by atoms with Gasteiger partial charge in [0.15, 0.2) is 11.5 Å². The fourth-order valence-electron chi connectivity index (χ4n) is 2.71. The molecule has 122 valence electrons. The zero-order chi connectivity index (χ0) is 16.1. The molecule has 0 spiro atoms. The number of hydrogen-bond acceptors (Lipinski definition) is 5. The van der Waals surface area contributed by atoms with Crippen molar-refractivity contribution in [2.75, 3.05) is 6.79 Å². The Labute approximate surface area is 134 Å². The number of amides is 2. The first-order chi connectivity index (χ1) is 11.2. The molecule has 1 saturated carbocycles. The van der Waals surface area contributed by atoms with Crippen LogP contribution in [-0.4, -0.2) is 30.9 Å². The molecule has 0 saturated heterocycles. The minimum absolute atomic E-state index is 0.0971. The number of carbonyl (C=O) groups is 2. The van der Waals surface area contributed by atoms with Gasteiger partial charge in [-0.2, -0.15) is 5.10 Å². The highest BCUT2D eigenvalue weighted by Gasteiger charge is 2.20. The van der Waals surface area contributed by atoms with Crippen LogP contribution in [-0.2, 0) is 9.59 Å². The largest absolute Gasteiger partial charge is 0.454 e. The van der Waals surface area contributed by atoms with Crippen molar-refractivity contribution in [1.29, 1.82) is 0 Å². The zero-order valence-corrected chi connectivity index (χ0v) is 12.7. The second-order valence-electron chi connectivity index (χ2n) is 5.62. The Morgan fingerprint density at radius 1 is 1.09 bits per heavy atom. The molecule has 0 unspecified atom stereocenters. The molecule has 7 nitrogen and oxygen atoms in total. The summed E-state index contributed by atoms with van der Waals surface area (Å²) in [6.45, 7) is 0.202. The highest BCUT2D eigenvalue weighted by atomic mass is 16.7. The molecule has 2 amide bonds. The first-order valence-electron chi connectivity index (χ1n) is 7.76. The van der Waals surface area contributed by atoms with E-state index < -0.39 is 11.8 Å². The van der Waals surface area contributed by atoms with Gasteiger partial charge < -0.3 is 14.8 Å². The average molecular weight is 317 g/mol. The summed E-state index contributed by atoms with van der Waals surface area (Å²) < 4.78 is 10.5. The predicted molar refractivity (Wildman–Crippen MR) is 83.3 cm³/mol. The number of carbonyl (C=O) groups excluding carboxylic acids is 2. The van der Waals surface area contributed by atoms with Crippen LogP contribution in [0.3, 0.4) is 0 Å². The molecule has 0 aromatic heterocycles. The van der Waals surface area contributed by atoms with E-state index in [1.54, 1.807) is 18.2 Å². The van der Waals surface area contributed by atoms with E-state index in [1.807, 2.05) is 0 Å². The van der Waals surface area contributed by atoms with Gasteiger partial charge >= 0.3 is 11.8 Å². The van der Waals surface area contributed by atoms with Crippen LogP contribution in [0.2, 0.25) is 0 Å². The van der Waals surface area contributed by atoms with Crippen LogP contribution in [0.5, 0.6) is 11.5 Å². The van der Waals surface area contributed by atoms with Crippen LogP contribution in [0.1, 0.15) is 37.7 Å². The van der Waals surface area contributed by atoms with Crippen molar-refractivity contribution in [2.45, 2.75) is 38.1 Å². The molecule has 7 heteroatoms. The number of hydrazone groups is 1. The van der Waals surface area contributed by atoms with Crippen molar-refractivity contribution in [1.82, 2.24) is 10.7 Å². The average Bonchev–Trinajstić information content (AvgIpc) is 3.03. The molecule has 1 aromatic carbocycles. The third-order valence-electron chi connectivity index (χ3n) is 3.92. The third-order valence-corrected chi connectivity index (χ3v) is 3.92. The SMILES string of the molecule is O=C(N/N=C/c1ccc2c(c1)OCO2)C(=O)NC1CCCCC1. The van der Waals surface area contributed by atoms with Gasteiger partial charge in [0, 0.05) is 6.04 Å². The maximum Gasteiger partial charge on any atom is 0.329 e. The van der Waals surface area contributed by atoms with Crippen molar-refractivity contribution in [3.05, 3.63) is 23.8 Å². The van der Waals surface area contributed by atoms with Crippen LogP contribution in [0, 0.1) is 0 Å². The number of hydrogen-bond donors (Lipinski definition) is 2. The molecule has 23 heavy (non-hydrogen) atoms. The topological polar surface area (TPSA) is 89.0 Å². The number of benzene rings is 1. The van der Waals surface area contributed by atoms with Gasteiger partial charge in [-0.25, -0.2) is 5.43 Å². The van der Waals surface area contributed by atoms with Crippen molar-refractivity contribution >= 4 is 18.0 Å². The van der Waals surface area contributed by atoms with Crippen molar-refractivity contribution in [3.63, 3.8) is 0 Å². The molecule has 0 radical (unpaired) electrons. The minimum atomic E-state index is -0.757. The molecule has 1 heterocycles. The van der Waals surface area contributed by atoms with E-state index in [2.05, 4.69) is 15.8 Å². The molecule has 2 N–H and O–H groups in total. The van der Waals surface area contributed by atoms with E-state index in [9.17, 15) is 9.59 Å². The molecule has 1 aliphatic heterocycles. The summed E-state index contributed by atoms with van der Waals surface area (Å²) in [6.07, 6.45) is 6.69. The Bertz CT molecular complexity index is 624. The van der Waals surface area contributed by atoms with Crippen LogP contribution in [0.15, 0.2) is 23.3 Å². The second kappa shape index (κ2) is 7.13. The van der Waals surface area contributed by atoms with E-state index in [4.69, 9.17) is 9.47 Å². The molecule has 0 bridgehead atoms. The summed E-state index contributed by atoms with van der Waals surface area (Å²) in [5.74, 6) is -0.0827. The van der Waals surface area contributed by atoms with Gasteiger partial charge in [0.1, 0.15) is 0 Å². The van der Waals surface area contributed by atoms with Crippen molar-refractivity contribution < 1.29 is 19.1 Å². The summed E-state index contributed by atoms with van der Waals surface area (Å²) in [4.78, 5) is 23.5. The number of nitrogens with one attached hydrogen (secondary N) is 2. The van der Waals surface area contributed by atoms with Crippen molar-refractivity contribution in [2.24, 2.45) is 5.10 Å². The van der Waals surface area contributed by atoms with Gasteiger partial charge in [-0.05, 0) is 36.6 Å². The van der Waals surface area contributed by atoms with Gasteiger partial charge in [-0.3, -0.25) is 9.59 Å². The summed E-state index contributed by atoms with van der Waals surface area (Å²) in [5.41, 5.74) is 2.97. The lowest BCUT2D eigenvalue weighted by molar-refractivity contribution is -0.139. The molecular formula is C16H19N3O4. The predicted octanol–water partition coefficient (Wildman–Crippen LogP) is 1.31. The van der Waals surface area contributed by atoms with E-state index in [1.165, 1.54) is 12.6 Å². The van der Waals surface area contributed by atoms with Crippen molar-refractivity contribution in [3.8, 4) is 11.5 Å². The Balaban J connectivity index is 1.48. The Morgan fingerprint density at radius 3 is 2.70 bits per heavy atom. The molecule has 3 rings (SSSR count). The normalized spacial score (nSPS) is 17.2. The third kappa shape index (κ3) is 4.00. The Hall–Kier alpha value is -2.57. The first-order valence-corrected chi connectivity index (χ1v) is 7.76. The van der Waals surface area contributed by atoms with Crippen LogP contribution in [0.25, 0.3) is 0 Å². The van der Waals surface area contributed by atoms with Crippen LogP contribution < -0.4 is 20.2 Å². The second-order valence-corrected chi connectivity index (χ2v) is 5.62. The monoisotopic (exact) mass is 317 g/mol. The molecule has 1 fully saturated rings. The number of rotatable bonds is 3. The molecule has 2 aliphatic rings. The van der Waals surface area contributed by atoms with Gasteiger partial charge in [0.2, 0.25) is 6.79 Å². The standard InChI is InChI=1S/C16H19N3O4/c20-15(18-12-4-2-1-3-5-12)16(21)19-17-9-11-6-7-13-14(8-11)23-10-22-13/h6-9,12H,1-5,10H2,(H,18,20)(H,19,21)/b17-9+. The van der Waals surface area contributed by atoms with Gasteiger partial charge in [0.25, 0.3) is 0 Å². The van der Waals surface area contributed by atoms with Gasteiger partial charge in [-0.15, -0.1) is 0 Å². The van der Waals surface area contributed by atoms with E-state index >= 15 is 0 Å². The highest BCUT2D eigenvalue weighted by Crippen LogP contribution is 2.31. The summed E-state index contributed by atoms with van der Waals surface area (Å²) >= 11 is 0. The quantitative estimate of drug-likeness (QED) is 0.500. The summed E-state index contributed by atoms with van der Waals surface area (Å²) in [6, 6.07) is 5.40. The zero-order valence-electron chi connectivity index (χ0n) is 12.7. The maximum atomic E-state index is 11.8. The highest BCUT2D eigenvalue weighted by molar-refractivity contribution is 6.35. The van der Waals surface area contributed by atoms with Crippen LogP contribution in [0.4, 0.5) is 0 Å². The molecular weight excluding hydrogens is 298 g/mol. The van der Waals surface area contributed by atoms with Gasteiger partial charge in [0.05, 0.1) is 6.21 Å². The smallest absolute Gasteiger partial charge is 0.329 e. The molecule has 1 aliphatic carbocycles. The summed E-state index contributed by atoms with van der Waals surface area (Å²) in [7, 11) is 0. The Morgan fingerprint density at radius 2 is 1.87 bits per heavy atom. The lowest BCUT2D eigenvalue weighted by atomic mass is 9.95. The van der Waals surface area contributed by atoms with Gasteiger partial charge in [-0.1, -0.05) is 19.3 Å². The fourth-order valence-corrected chi connectivity index (χ4v) is 2.71.